The van der Waals surface area contributed by atoms with E-state index in [1.165, 1.54) is 0 Å². The van der Waals surface area contributed by atoms with Crippen molar-refractivity contribution >= 4 is 6.03 Å². The maximum absolute atomic E-state index is 11.3. The second-order valence-electron chi connectivity index (χ2n) is 2.49. The van der Waals surface area contributed by atoms with Crippen molar-refractivity contribution in [3.8, 4) is 12.3 Å². The summed E-state index contributed by atoms with van der Waals surface area (Å²) in [5.41, 5.74) is 0. The number of amides is 2. The fourth-order valence-corrected chi connectivity index (χ4v) is 1.18. The molecule has 0 radical (unpaired) electrons. The number of hydrogen-bond acceptors (Lipinski definition) is 1. The number of nitrogens with zero attached hydrogens (tertiary/aromatic N) is 2. The summed E-state index contributed by atoms with van der Waals surface area (Å²) < 4.78 is 0. The fraction of sp³-hybridized carbons (Fsp3) is 0.625. The van der Waals surface area contributed by atoms with Gasteiger partial charge in [-0.2, -0.15) is 0 Å². The number of terminal acetylenes is 1. The minimum Gasteiger partial charge on any atom is -0.323 e. The van der Waals surface area contributed by atoms with Crippen LogP contribution in [0.4, 0.5) is 4.79 Å². The van der Waals surface area contributed by atoms with E-state index in [4.69, 9.17) is 6.42 Å². The van der Waals surface area contributed by atoms with Crippen LogP contribution < -0.4 is 0 Å². The van der Waals surface area contributed by atoms with Crippen LogP contribution in [0, 0.1) is 12.3 Å². The highest BCUT2D eigenvalue weighted by atomic mass is 16.2. The van der Waals surface area contributed by atoms with Gasteiger partial charge >= 0.3 is 6.03 Å². The van der Waals surface area contributed by atoms with Gasteiger partial charge in [-0.25, -0.2) is 4.79 Å². The molecule has 2 amide bonds. The van der Waals surface area contributed by atoms with E-state index in [1.807, 2.05) is 6.92 Å². The summed E-state index contributed by atoms with van der Waals surface area (Å²) >= 11 is 0. The zero-order valence-electron chi connectivity index (χ0n) is 6.71. The summed E-state index contributed by atoms with van der Waals surface area (Å²) in [6, 6.07) is 0.0745. The first-order valence-electron chi connectivity index (χ1n) is 3.77. The van der Waals surface area contributed by atoms with E-state index in [2.05, 4.69) is 5.92 Å². The topological polar surface area (TPSA) is 23.6 Å². The zero-order valence-corrected chi connectivity index (χ0v) is 6.71. The molecule has 1 aliphatic rings. The smallest absolute Gasteiger partial charge is 0.320 e. The normalized spacial score (nSPS) is 17.3. The lowest BCUT2D eigenvalue weighted by Crippen LogP contribution is -2.31. The maximum Gasteiger partial charge on any atom is 0.320 e. The van der Waals surface area contributed by atoms with E-state index in [0.717, 1.165) is 19.6 Å². The Morgan fingerprint density at radius 1 is 1.55 bits per heavy atom. The molecule has 60 valence electrons. The molecular formula is C8H12N2O. The molecule has 11 heavy (non-hydrogen) atoms. The van der Waals surface area contributed by atoms with Crippen LogP contribution >= 0.6 is 0 Å². The third-order valence-electron chi connectivity index (χ3n) is 1.84. The molecule has 0 bridgehead atoms. The lowest BCUT2D eigenvalue weighted by molar-refractivity contribution is 0.197. The van der Waals surface area contributed by atoms with Crippen molar-refractivity contribution < 1.29 is 4.79 Å². The minimum absolute atomic E-state index is 0.0745. The summed E-state index contributed by atoms with van der Waals surface area (Å²) in [6.45, 7) is 4.78. The maximum atomic E-state index is 11.3. The Labute approximate surface area is 67.0 Å². The van der Waals surface area contributed by atoms with Crippen molar-refractivity contribution in [2.24, 2.45) is 0 Å². The third-order valence-corrected chi connectivity index (χ3v) is 1.84. The van der Waals surface area contributed by atoms with Crippen LogP contribution in [0.2, 0.25) is 0 Å². The minimum atomic E-state index is 0.0745. The van der Waals surface area contributed by atoms with E-state index in [-0.39, 0.29) is 6.03 Å². The second kappa shape index (κ2) is 3.29. The number of carbonyl (C=O) groups is 1. The second-order valence-corrected chi connectivity index (χ2v) is 2.49. The van der Waals surface area contributed by atoms with Gasteiger partial charge in [-0.05, 0) is 6.92 Å². The van der Waals surface area contributed by atoms with Crippen LogP contribution in [0.25, 0.3) is 0 Å². The molecule has 0 aromatic rings. The van der Waals surface area contributed by atoms with Crippen LogP contribution in [0.15, 0.2) is 0 Å². The molecule has 1 heterocycles. The van der Waals surface area contributed by atoms with Gasteiger partial charge < -0.3 is 9.80 Å². The first-order chi connectivity index (χ1) is 5.29. The summed E-state index contributed by atoms with van der Waals surface area (Å²) in [5.74, 6) is 2.46. The number of carbonyl (C=O) groups excluding carboxylic acids is 1. The first kappa shape index (κ1) is 7.93. The average Bonchev–Trinajstić information content (AvgIpc) is 2.34. The molecule has 0 saturated carbocycles. The molecule has 1 fully saturated rings. The highest BCUT2D eigenvalue weighted by Gasteiger charge is 2.25. The van der Waals surface area contributed by atoms with E-state index in [9.17, 15) is 4.79 Å². The molecule has 0 aliphatic carbocycles. The van der Waals surface area contributed by atoms with Gasteiger partial charge in [0.1, 0.15) is 0 Å². The van der Waals surface area contributed by atoms with Gasteiger partial charge in [0.25, 0.3) is 0 Å². The molecule has 0 aromatic carbocycles. The molecule has 0 atom stereocenters. The van der Waals surface area contributed by atoms with Crippen LogP contribution in [0.1, 0.15) is 6.92 Å². The van der Waals surface area contributed by atoms with Gasteiger partial charge in [-0.1, -0.05) is 5.92 Å². The molecule has 0 spiro atoms. The van der Waals surface area contributed by atoms with E-state index < -0.39 is 0 Å². The molecule has 0 N–H and O–H groups in total. The quantitative estimate of drug-likeness (QED) is 0.525. The molecule has 1 rings (SSSR count). The molecule has 3 heteroatoms. The molecule has 3 nitrogen and oxygen atoms in total. The fourth-order valence-electron chi connectivity index (χ4n) is 1.18. The van der Waals surface area contributed by atoms with Crippen LogP contribution in [0.3, 0.4) is 0 Å². The molecule has 0 unspecified atom stereocenters. The Hall–Kier alpha value is -1.17. The van der Waals surface area contributed by atoms with E-state index in [1.54, 1.807) is 9.80 Å². The van der Waals surface area contributed by atoms with Crippen molar-refractivity contribution in [2.75, 3.05) is 26.2 Å². The summed E-state index contributed by atoms with van der Waals surface area (Å²) in [5, 5.41) is 0. The van der Waals surface area contributed by atoms with Gasteiger partial charge in [0.2, 0.25) is 0 Å². The highest BCUT2D eigenvalue weighted by molar-refractivity contribution is 5.76. The average molecular weight is 152 g/mol. The predicted molar refractivity (Wildman–Crippen MR) is 43.0 cm³/mol. The number of hydrogen-bond donors (Lipinski definition) is 0. The Morgan fingerprint density at radius 2 is 2.18 bits per heavy atom. The lowest BCUT2D eigenvalue weighted by Gasteiger charge is -2.14. The number of rotatable bonds is 2. The molecular weight excluding hydrogens is 140 g/mol. The van der Waals surface area contributed by atoms with Gasteiger partial charge in [0, 0.05) is 19.6 Å². The predicted octanol–water partition coefficient (Wildman–Crippen LogP) is 0.377. The SMILES string of the molecule is C#CCN1CCN(CC)C1=O. The van der Waals surface area contributed by atoms with Crippen molar-refractivity contribution in [1.82, 2.24) is 9.80 Å². The summed E-state index contributed by atoms with van der Waals surface area (Å²) in [4.78, 5) is 14.8. The Bertz CT molecular complexity index is 195. The van der Waals surface area contributed by atoms with Crippen molar-refractivity contribution in [2.45, 2.75) is 6.92 Å². The van der Waals surface area contributed by atoms with Crippen LogP contribution in [-0.4, -0.2) is 42.0 Å². The van der Waals surface area contributed by atoms with Gasteiger partial charge in [0.15, 0.2) is 0 Å². The number of likely N-dealkylation sites (N-methyl/N-ethyl adjacent to an activating group) is 1. The highest BCUT2D eigenvalue weighted by Crippen LogP contribution is 2.06. The Morgan fingerprint density at radius 3 is 2.64 bits per heavy atom. The molecule has 0 aromatic heterocycles. The standard InChI is InChI=1S/C8H12N2O/c1-3-5-10-7-6-9(4-2)8(10)11/h1H,4-7H2,2H3. The molecule has 1 aliphatic heterocycles. The third kappa shape index (κ3) is 1.45. The monoisotopic (exact) mass is 152 g/mol. The van der Waals surface area contributed by atoms with Crippen molar-refractivity contribution in [3.63, 3.8) is 0 Å². The molecule has 1 saturated heterocycles. The van der Waals surface area contributed by atoms with Crippen LogP contribution in [-0.2, 0) is 0 Å². The van der Waals surface area contributed by atoms with Gasteiger partial charge in [0.05, 0.1) is 6.54 Å². The number of urea groups is 1. The van der Waals surface area contributed by atoms with E-state index in [0.29, 0.717) is 6.54 Å². The lowest BCUT2D eigenvalue weighted by atomic mass is 10.5. The van der Waals surface area contributed by atoms with Crippen LogP contribution in [0.5, 0.6) is 0 Å². The zero-order chi connectivity index (χ0) is 8.27. The largest absolute Gasteiger partial charge is 0.323 e. The summed E-state index contributed by atoms with van der Waals surface area (Å²) in [7, 11) is 0. The van der Waals surface area contributed by atoms with Crippen molar-refractivity contribution in [3.05, 3.63) is 0 Å². The van der Waals surface area contributed by atoms with E-state index >= 15 is 0 Å². The van der Waals surface area contributed by atoms with Crippen molar-refractivity contribution in [1.29, 1.82) is 0 Å². The Balaban J connectivity index is 2.50. The Kier molecular flexibility index (Phi) is 2.37. The van der Waals surface area contributed by atoms with Gasteiger partial charge in [-0.3, -0.25) is 0 Å². The summed E-state index contributed by atoms with van der Waals surface area (Å²) in [6.07, 6.45) is 5.10. The van der Waals surface area contributed by atoms with Gasteiger partial charge in [-0.15, -0.1) is 6.42 Å². The first-order valence-corrected chi connectivity index (χ1v) is 3.77.